The fourth-order valence-corrected chi connectivity index (χ4v) is 2.14. The van der Waals surface area contributed by atoms with Gasteiger partial charge in [0.15, 0.2) is 0 Å². The Morgan fingerprint density at radius 3 is 2.78 bits per heavy atom. The molecule has 0 aliphatic heterocycles. The van der Waals surface area contributed by atoms with Crippen molar-refractivity contribution in [2.75, 3.05) is 6.54 Å². The third kappa shape index (κ3) is 3.32. The molecule has 2 N–H and O–H groups in total. The normalized spacial score (nSPS) is 15.6. The summed E-state index contributed by atoms with van der Waals surface area (Å²) in [7, 11) is 1.74. The van der Waals surface area contributed by atoms with Crippen molar-refractivity contribution in [2.45, 2.75) is 31.7 Å². The summed E-state index contributed by atoms with van der Waals surface area (Å²) in [6.07, 6.45) is 6.11. The molecule has 0 aromatic carbocycles. The van der Waals surface area contributed by atoms with Gasteiger partial charge in [-0.1, -0.05) is 12.8 Å². The number of carbonyl (C=O) groups excluding carboxylic acids is 2. The molecule has 0 bridgehead atoms. The molecule has 1 heterocycles. The Bertz CT molecular complexity index is 435. The van der Waals surface area contributed by atoms with E-state index in [9.17, 15) is 9.59 Å². The first kappa shape index (κ1) is 12.6. The predicted octanol–water partition coefficient (Wildman–Crippen LogP) is 0.209. The molecule has 18 heavy (non-hydrogen) atoms. The number of hydrogen-bond donors (Lipinski definition) is 2. The van der Waals surface area contributed by atoms with Crippen LogP contribution in [0.2, 0.25) is 0 Å². The summed E-state index contributed by atoms with van der Waals surface area (Å²) in [5.74, 6) is -0.455. The zero-order valence-corrected chi connectivity index (χ0v) is 10.5. The summed E-state index contributed by atoms with van der Waals surface area (Å²) in [6.45, 7) is 0.00586. The Hall–Kier alpha value is -1.85. The third-order valence-corrected chi connectivity index (χ3v) is 3.08. The lowest BCUT2D eigenvalue weighted by Gasteiger charge is -2.11. The first-order chi connectivity index (χ1) is 8.65. The Morgan fingerprint density at radius 2 is 2.17 bits per heavy atom. The van der Waals surface area contributed by atoms with Gasteiger partial charge in [0.05, 0.1) is 6.54 Å². The first-order valence-electron chi connectivity index (χ1n) is 6.22. The van der Waals surface area contributed by atoms with Gasteiger partial charge < -0.3 is 10.6 Å². The van der Waals surface area contributed by atoms with Crippen LogP contribution in [0.5, 0.6) is 0 Å². The quantitative estimate of drug-likeness (QED) is 0.802. The van der Waals surface area contributed by atoms with E-state index in [1.807, 2.05) is 0 Å². The highest BCUT2D eigenvalue weighted by Gasteiger charge is 2.17. The highest BCUT2D eigenvalue weighted by atomic mass is 16.2. The van der Waals surface area contributed by atoms with Gasteiger partial charge in [-0.05, 0) is 18.9 Å². The van der Waals surface area contributed by atoms with Crippen LogP contribution in [0.4, 0.5) is 0 Å². The van der Waals surface area contributed by atoms with Gasteiger partial charge in [-0.3, -0.25) is 14.3 Å². The van der Waals surface area contributed by atoms with Gasteiger partial charge >= 0.3 is 0 Å². The van der Waals surface area contributed by atoms with Gasteiger partial charge in [-0.2, -0.15) is 5.10 Å². The lowest BCUT2D eigenvalue weighted by Crippen LogP contribution is -2.41. The topological polar surface area (TPSA) is 76.0 Å². The van der Waals surface area contributed by atoms with Gasteiger partial charge in [-0.25, -0.2) is 0 Å². The highest BCUT2D eigenvalue weighted by molar-refractivity contribution is 5.94. The van der Waals surface area contributed by atoms with Crippen LogP contribution in [0.3, 0.4) is 0 Å². The number of hydrogen-bond acceptors (Lipinski definition) is 3. The number of nitrogens with one attached hydrogen (secondary N) is 2. The summed E-state index contributed by atoms with van der Waals surface area (Å²) in [4.78, 5) is 23.2. The second-order valence-electron chi connectivity index (χ2n) is 4.61. The summed E-state index contributed by atoms with van der Waals surface area (Å²) in [5.41, 5.74) is 0.325. The van der Waals surface area contributed by atoms with Crippen molar-refractivity contribution < 1.29 is 9.59 Å². The summed E-state index contributed by atoms with van der Waals surface area (Å²) >= 11 is 0. The van der Waals surface area contributed by atoms with Crippen molar-refractivity contribution >= 4 is 11.8 Å². The zero-order chi connectivity index (χ0) is 13.0. The Kier molecular flexibility index (Phi) is 3.96. The molecule has 1 aromatic heterocycles. The van der Waals surface area contributed by atoms with Crippen molar-refractivity contribution in [1.29, 1.82) is 0 Å². The minimum atomic E-state index is -0.322. The summed E-state index contributed by atoms with van der Waals surface area (Å²) < 4.78 is 1.55. The van der Waals surface area contributed by atoms with Crippen molar-refractivity contribution in [3.8, 4) is 0 Å². The van der Waals surface area contributed by atoms with E-state index in [1.165, 1.54) is 12.8 Å². The molecule has 2 rings (SSSR count). The summed E-state index contributed by atoms with van der Waals surface area (Å²) in [6, 6.07) is 1.90. The van der Waals surface area contributed by atoms with E-state index in [0.717, 1.165) is 12.8 Å². The Labute approximate surface area is 106 Å². The maximum Gasteiger partial charge on any atom is 0.272 e. The molecule has 1 fully saturated rings. The smallest absolute Gasteiger partial charge is 0.272 e. The van der Waals surface area contributed by atoms with Crippen LogP contribution in [0.25, 0.3) is 0 Å². The summed E-state index contributed by atoms with van der Waals surface area (Å²) in [5, 5.41) is 9.44. The van der Waals surface area contributed by atoms with E-state index in [-0.39, 0.29) is 24.4 Å². The number of carbonyl (C=O) groups is 2. The molecule has 1 aliphatic carbocycles. The van der Waals surface area contributed by atoms with Crippen LogP contribution in [-0.2, 0) is 11.8 Å². The fraction of sp³-hybridized carbons (Fsp3) is 0.583. The molecule has 6 nitrogen and oxygen atoms in total. The number of aryl methyl sites for hydroxylation is 1. The number of aromatic nitrogens is 2. The van der Waals surface area contributed by atoms with E-state index >= 15 is 0 Å². The van der Waals surface area contributed by atoms with Crippen molar-refractivity contribution in [2.24, 2.45) is 7.05 Å². The molecule has 0 spiro atoms. The van der Waals surface area contributed by atoms with E-state index in [1.54, 1.807) is 24.0 Å². The van der Waals surface area contributed by atoms with Crippen LogP contribution in [0, 0.1) is 0 Å². The van der Waals surface area contributed by atoms with Gasteiger partial charge in [0.2, 0.25) is 5.91 Å². The first-order valence-corrected chi connectivity index (χ1v) is 6.22. The molecule has 1 saturated carbocycles. The van der Waals surface area contributed by atoms with Crippen LogP contribution in [-0.4, -0.2) is 34.2 Å². The Balaban J connectivity index is 1.73. The molecule has 1 aliphatic rings. The molecule has 98 valence electrons. The monoisotopic (exact) mass is 250 g/mol. The second-order valence-corrected chi connectivity index (χ2v) is 4.61. The third-order valence-electron chi connectivity index (χ3n) is 3.08. The van der Waals surface area contributed by atoms with Crippen LogP contribution >= 0.6 is 0 Å². The molecule has 1 aromatic rings. The predicted molar refractivity (Wildman–Crippen MR) is 65.9 cm³/mol. The average Bonchev–Trinajstić information content (AvgIpc) is 2.97. The largest absolute Gasteiger partial charge is 0.352 e. The van der Waals surface area contributed by atoms with Gasteiger partial charge in [0, 0.05) is 19.3 Å². The highest BCUT2D eigenvalue weighted by Crippen LogP contribution is 2.17. The molecule has 0 unspecified atom stereocenters. The molecule has 0 saturated heterocycles. The molecule has 0 radical (unpaired) electrons. The van der Waals surface area contributed by atoms with Gasteiger partial charge in [0.1, 0.15) is 5.69 Å². The molecule has 2 amide bonds. The van der Waals surface area contributed by atoms with Crippen LogP contribution in [0.1, 0.15) is 36.2 Å². The molecule has 0 atom stereocenters. The average molecular weight is 250 g/mol. The van der Waals surface area contributed by atoms with Gasteiger partial charge in [-0.15, -0.1) is 0 Å². The number of nitrogens with zero attached hydrogens (tertiary/aromatic N) is 2. The maximum absolute atomic E-state index is 11.6. The fourth-order valence-electron chi connectivity index (χ4n) is 2.14. The second kappa shape index (κ2) is 5.66. The van der Waals surface area contributed by atoms with E-state index in [0.29, 0.717) is 5.69 Å². The minimum absolute atomic E-state index is 0.00586. The Morgan fingerprint density at radius 1 is 1.44 bits per heavy atom. The lowest BCUT2D eigenvalue weighted by molar-refractivity contribution is -0.120. The number of rotatable bonds is 4. The standard InChI is InChI=1S/C12H18N4O2/c1-16-7-6-10(15-16)12(18)13-8-11(17)14-9-4-2-3-5-9/h6-7,9H,2-5,8H2,1H3,(H,13,18)(H,14,17). The van der Waals surface area contributed by atoms with Crippen LogP contribution < -0.4 is 10.6 Å². The maximum atomic E-state index is 11.6. The van der Waals surface area contributed by atoms with Crippen LogP contribution in [0.15, 0.2) is 12.3 Å². The SMILES string of the molecule is Cn1ccc(C(=O)NCC(=O)NC2CCCC2)n1. The zero-order valence-electron chi connectivity index (χ0n) is 10.5. The molecular formula is C12H18N4O2. The van der Waals surface area contributed by atoms with Crippen molar-refractivity contribution in [3.05, 3.63) is 18.0 Å². The number of amides is 2. The van der Waals surface area contributed by atoms with E-state index < -0.39 is 0 Å². The molecule has 6 heteroatoms. The molecular weight excluding hydrogens is 232 g/mol. The minimum Gasteiger partial charge on any atom is -0.352 e. The van der Waals surface area contributed by atoms with E-state index in [4.69, 9.17) is 0 Å². The van der Waals surface area contributed by atoms with Crippen molar-refractivity contribution in [3.63, 3.8) is 0 Å². The van der Waals surface area contributed by atoms with Crippen molar-refractivity contribution in [1.82, 2.24) is 20.4 Å². The lowest BCUT2D eigenvalue weighted by atomic mass is 10.2. The van der Waals surface area contributed by atoms with Gasteiger partial charge in [0.25, 0.3) is 5.91 Å². The van der Waals surface area contributed by atoms with E-state index in [2.05, 4.69) is 15.7 Å².